The van der Waals surface area contributed by atoms with Crippen molar-refractivity contribution in [3.05, 3.63) is 35.4 Å². The first kappa shape index (κ1) is 16.4. The predicted molar refractivity (Wildman–Crippen MR) is 94.8 cm³/mol. The van der Waals surface area contributed by atoms with Crippen molar-refractivity contribution in [3.8, 4) is 18.4 Å². The number of piperazine rings is 1. The van der Waals surface area contributed by atoms with Crippen LogP contribution in [0.5, 0.6) is 0 Å². The maximum atomic E-state index is 10.6. The summed E-state index contributed by atoms with van der Waals surface area (Å²) in [5.41, 5.74) is 3.20. The number of aliphatic hydroxyl groups is 1. The molecule has 3 rings (SSSR count). The zero-order valence-corrected chi connectivity index (χ0v) is 14.1. The van der Waals surface area contributed by atoms with E-state index in [2.05, 4.69) is 28.7 Å². The average Bonchev–Trinajstić information content (AvgIpc) is 2.59. The van der Waals surface area contributed by atoms with E-state index in [0.717, 1.165) is 36.6 Å². The summed E-state index contributed by atoms with van der Waals surface area (Å²) in [6, 6.07) is 10.4. The maximum absolute atomic E-state index is 10.6. The number of fused-ring (bicyclic) bond motifs is 1. The fraction of sp³-hybridized carbons (Fsp3) is 0.421. The first-order valence-electron chi connectivity index (χ1n) is 8.15. The number of terminal acetylenes is 1. The Balaban J connectivity index is 2.03. The minimum Gasteiger partial charge on any atom is -0.369 e. The lowest BCUT2D eigenvalue weighted by atomic mass is 9.95. The van der Waals surface area contributed by atoms with Gasteiger partial charge in [0.1, 0.15) is 11.6 Å². The highest BCUT2D eigenvalue weighted by Gasteiger charge is 2.35. The third-order valence-corrected chi connectivity index (χ3v) is 4.85. The molecular formula is C19H22N4O. The molecule has 124 valence electrons. The van der Waals surface area contributed by atoms with Crippen molar-refractivity contribution in [2.45, 2.75) is 19.2 Å². The van der Waals surface area contributed by atoms with Gasteiger partial charge in [-0.2, -0.15) is 5.26 Å². The van der Waals surface area contributed by atoms with Gasteiger partial charge in [-0.05, 0) is 13.0 Å². The smallest absolute Gasteiger partial charge is 0.165 e. The number of hydrogen-bond donors (Lipinski definition) is 1. The van der Waals surface area contributed by atoms with Gasteiger partial charge in [0.25, 0.3) is 0 Å². The SMILES string of the molecule is C#CCN1CCN(C2=C(C#N)C(O)N(C)c3ccccc32)[C@@H](C)C1. The molecule has 2 aliphatic rings. The number of likely N-dealkylation sites (N-methyl/N-ethyl adjacent to an activating group) is 1. The van der Waals surface area contributed by atoms with Crippen LogP contribution >= 0.6 is 0 Å². The molecule has 0 saturated carbocycles. The van der Waals surface area contributed by atoms with E-state index < -0.39 is 6.23 Å². The Morgan fingerprint density at radius 2 is 2.08 bits per heavy atom. The predicted octanol–water partition coefficient (Wildman–Crippen LogP) is 1.33. The minimum atomic E-state index is -0.921. The Labute approximate surface area is 143 Å². The van der Waals surface area contributed by atoms with Crippen LogP contribution in [0.25, 0.3) is 5.70 Å². The van der Waals surface area contributed by atoms with Crippen LogP contribution in [0.1, 0.15) is 12.5 Å². The van der Waals surface area contributed by atoms with Crippen molar-refractivity contribution in [3.63, 3.8) is 0 Å². The van der Waals surface area contributed by atoms with Crippen molar-refractivity contribution in [1.29, 1.82) is 5.26 Å². The van der Waals surface area contributed by atoms with E-state index in [1.54, 1.807) is 4.90 Å². The highest BCUT2D eigenvalue weighted by atomic mass is 16.3. The number of benzene rings is 1. The van der Waals surface area contributed by atoms with E-state index in [4.69, 9.17) is 6.42 Å². The largest absolute Gasteiger partial charge is 0.369 e. The summed E-state index contributed by atoms with van der Waals surface area (Å²) in [6.07, 6.45) is 4.51. The quantitative estimate of drug-likeness (QED) is 0.833. The molecular weight excluding hydrogens is 300 g/mol. The van der Waals surface area contributed by atoms with Gasteiger partial charge in [0.15, 0.2) is 6.23 Å². The first-order valence-corrected chi connectivity index (χ1v) is 8.15. The molecule has 1 fully saturated rings. The molecule has 0 aromatic heterocycles. The van der Waals surface area contributed by atoms with Crippen LogP contribution in [-0.2, 0) is 0 Å². The van der Waals surface area contributed by atoms with Gasteiger partial charge in [0.05, 0.1) is 12.2 Å². The molecule has 0 amide bonds. The topological polar surface area (TPSA) is 53.7 Å². The van der Waals surface area contributed by atoms with Crippen molar-refractivity contribution in [2.24, 2.45) is 0 Å². The third kappa shape index (κ3) is 2.63. The lowest BCUT2D eigenvalue weighted by Crippen LogP contribution is -2.52. The standard InChI is InChI=1S/C19H22N4O/c1-4-9-22-10-11-23(14(2)13-22)18-15-7-5-6-8-17(15)21(3)19(24)16(18)12-20/h1,5-8,14,19,24H,9-11,13H2,2-3H3/t14-,19?/m0/s1. The van der Waals surface area contributed by atoms with E-state index >= 15 is 0 Å². The summed E-state index contributed by atoms with van der Waals surface area (Å²) < 4.78 is 0. The molecule has 2 heterocycles. The summed E-state index contributed by atoms with van der Waals surface area (Å²) in [5.74, 6) is 2.70. The Morgan fingerprint density at radius 1 is 1.33 bits per heavy atom. The fourth-order valence-electron chi connectivity index (χ4n) is 3.63. The monoisotopic (exact) mass is 322 g/mol. The van der Waals surface area contributed by atoms with Crippen LogP contribution in [-0.4, -0.2) is 60.4 Å². The molecule has 5 heteroatoms. The van der Waals surface area contributed by atoms with Crippen LogP contribution in [0.3, 0.4) is 0 Å². The van der Waals surface area contributed by atoms with E-state index in [1.165, 1.54) is 0 Å². The summed E-state index contributed by atoms with van der Waals surface area (Å²) in [4.78, 5) is 6.22. The molecule has 1 aromatic carbocycles. The van der Waals surface area contributed by atoms with Crippen molar-refractivity contribution < 1.29 is 5.11 Å². The summed E-state index contributed by atoms with van der Waals surface area (Å²) in [5, 5.41) is 20.3. The molecule has 2 aliphatic heterocycles. The number of rotatable bonds is 2. The molecule has 2 atom stereocenters. The van der Waals surface area contributed by atoms with Gasteiger partial charge >= 0.3 is 0 Å². The van der Waals surface area contributed by atoms with Gasteiger partial charge in [-0.3, -0.25) is 4.90 Å². The Bertz CT molecular complexity index is 742. The summed E-state index contributed by atoms with van der Waals surface area (Å²) in [6.45, 7) is 5.27. The van der Waals surface area contributed by atoms with Crippen LogP contribution in [0.2, 0.25) is 0 Å². The van der Waals surface area contributed by atoms with Crippen LogP contribution in [0.4, 0.5) is 5.69 Å². The second-order valence-electron chi connectivity index (χ2n) is 6.36. The molecule has 1 unspecified atom stereocenters. The van der Waals surface area contributed by atoms with Crippen LogP contribution in [0, 0.1) is 23.7 Å². The number of para-hydroxylation sites is 1. The first-order chi connectivity index (χ1) is 11.6. The molecule has 24 heavy (non-hydrogen) atoms. The Hall–Kier alpha value is -2.47. The summed E-state index contributed by atoms with van der Waals surface area (Å²) in [7, 11) is 1.81. The lowest BCUT2D eigenvalue weighted by Gasteiger charge is -2.45. The lowest BCUT2D eigenvalue weighted by molar-refractivity contribution is 0.138. The number of aliphatic hydroxyl groups excluding tert-OH is 1. The van der Waals surface area contributed by atoms with Gasteiger partial charge in [0, 0.05) is 44.0 Å². The Kier molecular flexibility index (Phi) is 4.49. The third-order valence-electron chi connectivity index (χ3n) is 4.85. The second-order valence-corrected chi connectivity index (χ2v) is 6.36. The molecule has 1 saturated heterocycles. The molecule has 0 radical (unpaired) electrons. The van der Waals surface area contributed by atoms with Crippen molar-refractivity contribution in [2.75, 3.05) is 38.1 Å². The van der Waals surface area contributed by atoms with E-state index in [0.29, 0.717) is 12.1 Å². The second kappa shape index (κ2) is 6.57. The van der Waals surface area contributed by atoms with Gasteiger partial charge in [0.2, 0.25) is 0 Å². The van der Waals surface area contributed by atoms with Gasteiger partial charge in [-0.1, -0.05) is 24.1 Å². The molecule has 1 N–H and O–H groups in total. The van der Waals surface area contributed by atoms with Crippen molar-refractivity contribution in [1.82, 2.24) is 9.80 Å². The van der Waals surface area contributed by atoms with Crippen LogP contribution < -0.4 is 4.90 Å². The van der Waals surface area contributed by atoms with E-state index in [-0.39, 0.29) is 6.04 Å². The highest BCUT2D eigenvalue weighted by molar-refractivity contribution is 5.84. The highest BCUT2D eigenvalue weighted by Crippen LogP contribution is 2.39. The van der Waals surface area contributed by atoms with E-state index in [9.17, 15) is 10.4 Å². The fourth-order valence-corrected chi connectivity index (χ4v) is 3.63. The zero-order chi connectivity index (χ0) is 17.3. The molecule has 1 aromatic rings. The van der Waals surface area contributed by atoms with Crippen LogP contribution in [0.15, 0.2) is 29.8 Å². The van der Waals surface area contributed by atoms with E-state index in [1.807, 2.05) is 31.3 Å². The number of nitriles is 1. The van der Waals surface area contributed by atoms with Gasteiger partial charge in [-0.15, -0.1) is 6.42 Å². The Morgan fingerprint density at radius 3 is 2.75 bits per heavy atom. The number of anilines is 1. The zero-order valence-electron chi connectivity index (χ0n) is 14.1. The van der Waals surface area contributed by atoms with Crippen molar-refractivity contribution >= 4 is 11.4 Å². The molecule has 0 aliphatic carbocycles. The van der Waals surface area contributed by atoms with Gasteiger partial charge < -0.3 is 14.9 Å². The maximum Gasteiger partial charge on any atom is 0.165 e. The summed E-state index contributed by atoms with van der Waals surface area (Å²) >= 11 is 0. The van der Waals surface area contributed by atoms with Gasteiger partial charge in [-0.25, -0.2) is 0 Å². The minimum absolute atomic E-state index is 0.217. The molecule has 0 bridgehead atoms. The normalized spacial score (nSPS) is 24.4. The number of hydrogen-bond acceptors (Lipinski definition) is 5. The molecule has 0 spiro atoms. The number of nitrogens with zero attached hydrogens (tertiary/aromatic N) is 4. The molecule has 5 nitrogen and oxygen atoms in total. The average molecular weight is 322 g/mol.